The average Bonchev–Trinajstić information content (AvgIpc) is 3.33. The molecular weight excluding hydrogens is 844 g/mol. The number of carbonyl (C=O) groups excluding carboxylic acids is 3. The lowest BCUT2D eigenvalue weighted by Crippen LogP contribution is -2.86. The molecule has 1 aromatic rings. The van der Waals surface area contributed by atoms with Crippen molar-refractivity contribution < 1.29 is 68.3 Å². The molecule has 5 fully saturated rings. The largest absolute Gasteiger partial charge is 0.482 e. The van der Waals surface area contributed by atoms with E-state index in [9.17, 15) is 35.1 Å². The summed E-state index contributed by atoms with van der Waals surface area (Å²) in [7, 11) is 1.25. The van der Waals surface area contributed by atoms with Gasteiger partial charge in [-0.05, 0) is 93.2 Å². The first-order valence-corrected chi connectivity index (χ1v) is 21.3. The van der Waals surface area contributed by atoms with Gasteiger partial charge in [0, 0.05) is 29.4 Å². The number of hydrogen-bond donors (Lipinski definition) is 5. The molecule has 7 unspecified atom stereocenters. The number of methoxy groups -OCH3 is 1. The number of aliphatic hydroxyl groups is 5. The second-order valence-electron chi connectivity index (χ2n) is 18.3. The number of esters is 1. The number of benzene rings is 1. The van der Waals surface area contributed by atoms with E-state index < -0.39 is 99.5 Å². The number of aliphatic hydroxyl groups excluding tert-OH is 5. The first-order chi connectivity index (χ1) is 28.1. The molecule has 1 aromatic carbocycles. The van der Waals surface area contributed by atoms with Crippen molar-refractivity contribution in [1.29, 1.82) is 0 Å². The van der Waals surface area contributed by atoms with Crippen LogP contribution in [-0.4, -0.2) is 120 Å². The maximum absolute atomic E-state index is 16.0. The van der Waals surface area contributed by atoms with E-state index in [-0.39, 0.29) is 47.5 Å². The Balaban J connectivity index is 1.53. The fraction of sp³-hybridized carbons (Fsp3) is 0.622. The molecule has 4 aliphatic heterocycles. The van der Waals surface area contributed by atoms with E-state index in [1.54, 1.807) is 13.0 Å². The summed E-state index contributed by atoms with van der Waals surface area (Å²) in [6.45, 7) is 14.3. The van der Waals surface area contributed by atoms with Crippen LogP contribution in [0.1, 0.15) is 103 Å². The van der Waals surface area contributed by atoms with E-state index in [0.29, 0.717) is 24.2 Å². The summed E-state index contributed by atoms with van der Waals surface area (Å²) < 4.78 is 36.5. The number of alkyl halides is 1. The van der Waals surface area contributed by atoms with Crippen molar-refractivity contribution in [2.75, 3.05) is 13.7 Å². The van der Waals surface area contributed by atoms with E-state index in [1.807, 2.05) is 60.6 Å². The molecule has 0 aromatic heterocycles. The van der Waals surface area contributed by atoms with Gasteiger partial charge < -0.3 is 54.0 Å². The molecule has 12 atom stereocenters. The third-order valence-corrected chi connectivity index (χ3v) is 14.8. The van der Waals surface area contributed by atoms with Gasteiger partial charge >= 0.3 is 5.97 Å². The summed E-state index contributed by atoms with van der Waals surface area (Å²) in [5.74, 6) is -3.43. The summed E-state index contributed by atoms with van der Waals surface area (Å²) in [6, 6.07) is 0. The van der Waals surface area contributed by atoms with Crippen LogP contribution in [0.15, 0.2) is 41.0 Å². The Morgan fingerprint density at radius 2 is 1.63 bits per heavy atom. The van der Waals surface area contributed by atoms with Crippen molar-refractivity contribution in [3.05, 3.63) is 57.7 Å². The van der Waals surface area contributed by atoms with Crippen molar-refractivity contribution in [1.82, 2.24) is 0 Å². The maximum Gasteiger partial charge on any atom is 0.333 e. The molecule has 8 rings (SSSR count). The van der Waals surface area contributed by atoms with Crippen LogP contribution in [-0.2, 0) is 30.2 Å². The van der Waals surface area contributed by atoms with Crippen molar-refractivity contribution in [2.24, 2.45) is 11.8 Å². The first kappa shape index (κ1) is 44.6. The van der Waals surface area contributed by atoms with Gasteiger partial charge in [0.05, 0.1) is 31.0 Å². The topological polar surface area (TPSA) is 208 Å². The van der Waals surface area contributed by atoms with Crippen LogP contribution in [0.2, 0.25) is 0 Å². The van der Waals surface area contributed by atoms with Crippen LogP contribution in [0.25, 0.3) is 6.08 Å². The second kappa shape index (κ2) is 15.4. The zero-order valence-electron chi connectivity index (χ0n) is 35.5. The fourth-order valence-corrected chi connectivity index (χ4v) is 11.5. The zero-order chi connectivity index (χ0) is 44.1. The minimum absolute atomic E-state index is 0.00226. The number of fused-ring (bicyclic) bond motifs is 2. The van der Waals surface area contributed by atoms with Crippen LogP contribution >= 0.6 is 15.9 Å². The fourth-order valence-electron chi connectivity index (χ4n) is 10.3. The zero-order valence-corrected chi connectivity index (χ0v) is 37.1. The Morgan fingerprint density at radius 3 is 2.27 bits per heavy atom. The Kier molecular flexibility index (Phi) is 11.5. The molecule has 14 nitrogen and oxygen atoms in total. The Morgan fingerprint density at radius 1 is 0.950 bits per heavy atom. The van der Waals surface area contributed by atoms with Crippen molar-refractivity contribution in [3.63, 3.8) is 0 Å². The summed E-state index contributed by atoms with van der Waals surface area (Å²) >= 11 is 3.78. The Bertz CT molecular complexity index is 2100. The van der Waals surface area contributed by atoms with Crippen LogP contribution in [0.5, 0.6) is 17.2 Å². The average molecular weight is 902 g/mol. The third-order valence-electron chi connectivity index (χ3n) is 13.4. The molecular formula is C45H57BrO14. The highest BCUT2D eigenvalue weighted by Gasteiger charge is 2.90. The summed E-state index contributed by atoms with van der Waals surface area (Å²) in [5, 5.41) is 55.1. The van der Waals surface area contributed by atoms with Gasteiger partial charge in [0.25, 0.3) is 0 Å². The first-order valence-electron chi connectivity index (χ1n) is 20.5. The molecule has 4 heterocycles. The normalized spacial score (nSPS) is 38.2. The van der Waals surface area contributed by atoms with E-state index in [1.165, 1.54) is 13.2 Å². The monoisotopic (exact) mass is 900 g/mol. The number of halogens is 1. The number of ketones is 2. The molecule has 1 spiro atoms. The minimum Gasteiger partial charge on any atom is -0.482 e. The Labute approximate surface area is 358 Å². The van der Waals surface area contributed by atoms with Gasteiger partial charge in [-0.1, -0.05) is 45.3 Å². The van der Waals surface area contributed by atoms with Crippen LogP contribution in [0.3, 0.4) is 0 Å². The van der Waals surface area contributed by atoms with E-state index in [4.69, 9.17) is 28.4 Å². The summed E-state index contributed by atoms with van der Waals surface area (Å²) in [5.41, 5.74) is -2.94. The quantitative estimate of drug-likeness (QED) is 0.0906. The number of ether oxygens (including phenoxy) is 6. The predicted molar refractivity (Wildman–Crippen MR) is 221 cm³/mol. The van der Waals surface area contributed by atoms with Crippen molar-refractivity contribution >= 4 is 39.5 Å². The number of Topliss-reactive ketones (excluding diaryl/α,β-unsaturated/α-hetero) is 2. The smallest absolute Gasteiger partial charge is 0.333 e. The molecule has 0 radical (unpaired) electrons. The second-order valence-corrected chi connectivity index (χ2v) is 19.6. The number of allylic oxidation sites excluding steroid dienone is 4. The third kappa shape index (κ3) is 6.39. The standard InChI is InChI=1S/C45H57BrO14/c1-21(2)11-10-16-42(8)17-15-25-33(58-42)24(13-12-22(3)4)35-29(34(25)57-40-32(50)31(49)30(48)27(20-47)56-40)38(53)44(46)37(52)26-19-28-41(6,7)60-43(36(26)51,45(28,44)59-35)18-14-23(5)39(54)55-9/h11-12,14-15,17,26-28,30-32,37,40,47-50,52H,10,13,16,18-20H2,1-9H3/t26?,27-,28?,30-,31+,32-,37?,40+,42?,43?,44?,45?/m1/s1. The van der Waals surface area contributed by atoms with Gasteiger partial charge in [-0.25, -0.2) is 4.79 Å². The van der Waals surface area contributed by atoms with Crippen LogP contribution in [0.4, 0.5) is 0 Å². The highest BCUT2D eigenvalue weighted by molar-refractivity contribution is 9.10. The highest BCUT2D eigenvalue weighted by atomic mass is 79.9. The SMILES string of the molecule is COC(=O)C(C)=CCC12OC(C)(C)C3CC(C1=O)C(O)C1(Br)C(=O)c4c(O[C@@H]5O[C@H](CO)[C@@H](O)[C@H](O)[C@H]5O)c5c(c(CC=C(C)C)c4OC321)OC(C)(CCC=C(C)C)C=C5. The van der Waals surface area contributed by atoms with Gasteiger partial charge in [0.15, 0.2) is 27.1 Å². The molecule has 3 aliphatic carbocycles. The molecule has 15 heteroatoms. The molecule has 328 valence electrons. The van der Waals surface area contributed by atoms with Crippen molar-refractivity contribution in [2.45, 2.75) is 151 Å². The van der Waals surface area contributed by atoms with Gasteiger partial charge in [0.2, 0.25) is 6.29 Å². The number of hydrogen-bond acceptors (Lipinski definition) is 14. The molecule has 60 heavy (non-hydrogen) atoms. The maximum atomic E-state index is 16.0. The highest BCUT2D eigenvalue weighted by Crippen LogP contribution is 2.73. The Hall–Kier alpha value is -3.41. The van der Waals surface area contributed by atoms with Crippen molar-refractivity contribution in [3.8, 4) is 17.2 Å². The molecule has 4 bridgehead atoms. The number of carbonyl (C=O) groups is 3. The predicted octanol–water partition coefficient (Wildman–Crippen LogP) is 4.37. The van der Waals surface area contributed by atoms with Gasteiger partial charge in [0.1, 0.15) is 52.8 Å². The van der Waals surface area contributed by atoms with Crippen LogP contribution < -0.4 is 14.2 Å². The molecule has 2 saturated heterocycles. The van der Waals surface area contributed by atoms with Gasteiger partial charge in [-0.15, -0.1) is 0 Å². The van der Waals surface area contributed by atoms with E-state index in [0.717, 1.165) is 11.1 Å². The lowest BCUT2D eigenvalue weighted by Gasteiger charge is -2.65. The van der Waals surface area contributed by atoms with Crippen LogP contribution in [0, 0.1) is 11.8 Å². The van der Waals surface area contributed by atoms with E-state index >= 15 is 4.79 Å². The van der Waals surface area contributed by atoms with Gasteiger partial charge in [-0.3, -0.25) is 9.59 Å². The molecule has 5 N–H and O–H groups in total. The summed E-state index contributed by atoms with van der Waals surface area (Å²) in [6.07, 6.45) is 0.550. The molecule has 0 amide bonds. The van der Waals surface area contributed by atoms with Gasteiger partial charge in [-0.2, -0.15) is 0 Å². The lowest BCUT2D eigenvalue weighted by atomic mass is 9.45. The van der Waals surface area contributed by atoms with E-state index in [2.05, 4.69) is 22.0 Å². The summed E-state index contributed by atoms with van der Waals surface area (Å²) in [4.78, 5) is 43.6. The molecule has 3 saturated carbocycles. The minimum atomic E-state index is -2.05. The number of rotatable bonds is 11. The lowest BCUT2D eigenvalue weighted by molar-refractivity contribution is -0.277. The molecule has 7 aliphatic rings.